The van der Waals surface area contributed by atoms with E-state index in [1.54, 1.807) is 25.4 Å². The first-order valence-corrected chi connectivity index (χ1v) is 8.76. The van der Waals surface area contributed by atoms with Crippen LogP contribution in [0.5, 0.6) is 0 Å². The van der Waals surface area contributed by atoms with Crippen molar-refractivity contribution in [1.29, 1.82) is 0 Å². The Bertz CT molecular complexity index is 782. The molecular formula is C20H22FN3O2. The Morgan fingerprint density at radius 2 is 2.19 bits per heavy atom. The van der Waals surface area contributed by atoms with Crippen molar-refractivity contribution in [3.8, 4) is 0 Å². The van der Waals surface area contributed by atoms with Gasteiger partial charge < -0.3 is 10.2 Å². The minimum absolute atomic E-state index is 0.0717. The van der Waals surface area contributed by atoms with Crippen molar-refractivity contribution in [2.24, 2.45) is 5.92 Å². The van der Waals surface area contributed by atoms with Gasteiger partial charge >= 0.3 is 0 Å². The molecule has 2 aromatic rings. The number of benzene rings is 1. The van der Waals surface area contributed by atoms with Gasteiger partial charge in [-0.3, -0.25) is 14.6 Å². The second-order valence-electron chi connectivity index (χ2n) is 6.57. The molecule has 1 aliphatic rings. The Morgan fingerprint density at radius 3 is 2.92 bits per heavy atom. The van der Waals surface area contributed by atoms with E-state index in [2.05, 4.69) is 10.3 Å². The highest BCUT2D eigenvalue weighted by Gasteiger charge is 2.30. The molecule has 5 nitrogen and oxygen atoms in total. The van der Waals surface area contributed by atoms with Gasteiger partial charge in [-0.15, -0.1) is 0 Å². The third-order valence-corrected chi connectivity index (χ3v) is 4.67. The summed E-state index contributed by atoms with van der Waals surface area (Å²) in [6.07, 6.45) is 3.57. The molecule has 2 atom stereocenters. The van der Waals surface area contributed by atoms with Gasteiger partial charge in [0.15, 0.2) is 5.78 Å². The van der Waals surface area contributed by atoms with Crippen LogP contribution in [-0.4, -0.2) is 41.2 Å². The van der Waals surface area contributed by atoms with E-state index in [1.807, 2.05) is 17.0 Å². The zero-order valence-electron chi connectivity index (χ0n) is 14.7. The predicted octanol–water partition coefficient (Wildman–Crippen LogP) is 2.60. The van der Waals surface area contributed by atoms with E-state index >= 15 is 0 Å². The lowest BCUT2D eigenvalue weighted by Gasteiger charge is -2.37. The summed E-state index contributed by atoms with van der Waals surface area (Å²) in [4.78, 5) is 31.3. The molecule has 2 heterocycles. The second-order valence-corrected chi connectivity index (χ2v) is 6.57. The lowest BCUT2D eigenvalue weighted by atomic mass is 9.95. The van der Waals surface area contributed by atoms with Crippen LogP contribution in [0.15, 0.2) is 48.8 Å². The van der Waals surface area contributed by atoms with Crippen LogP contribution in [0.2, 0.25) is 0 Å². The molecule has 0 spiro atoms. The largest absolute Gasteiger partial charge is 0.333 e. The number of nitrogens with one attached hydrogen (secondary N) is 1. The molecule has 1 aliphatic heterocycles. The number of Topliss-reactive ketones (excluding diaryl/α,β-unsaturated/α-hetero) is 1. The average molecular weight is 355 g/mol. The molecule has 136 valence electrons. The summed E-state index contributed by atoms with van der Waals surface area (Å²) in [5, 5.41) is 3.30. The standard InChI is InChI=1S/C20H22FN3O2/c1-14(20(26)15-4-2-6-17(21)11-15)10-19(25)24-9-8-23-13-18(24)16-5-3-7-22-12-16/h2-7,11-12,14,18,23H,8-10,13H2,1H3. The van der Waals surface area contributed by atoms with Gasteiger partial charge in [0.2, 0.25) is 5.91 Å². The molecule has 1 N–H and O–H groups in total. The molecule has 1 amide bonds. The van der Waals surface area contributed by atoms with Crippen LogP contribution in [0.25, 0.3) is 0 Å². The van der Waals surface area contributed by atoms with Gasteiger partial charge in [-0.1, -0.05) is 25.1 Å². The number of ketones is 1. The quantitative estimate of drug-likeness (QED) is 0.838. The molecular weight excluding hydrogens is 333 g/mol. The lowest BCUT2D eigenvalue weighted by molar-refractivity contribution is -0.135. The Labute approximate surface area is 152 Å². The van der Waals surface area contributed by atoms with E-state index in [0.29, 0.717) is 25.2 Å². The zero-order valence-corrected chi connectivity index (χ0v) is 14.7. The minimum atomic E-state index is -0.506. The van der Waals surface area contributed by atoms with Crippen LogP contribution in [0.3, 0.4) is 0 Å². The maximum atomic E-state index is 13.3. The molecule has 0 aliphatic carbocycles. The fourth-order valence-corrected chi connectivity index (χ4v) is 3.27. The summed E-state index contributed by atoms with van der Waals surface area (Å²) < 4.78 is 13.3. The zero-order chi connectivity index (χ0) is 18.5. The van der Waals surface area contributed by atoms with Crippen LogP contribution in [-0.2, 0) is 4.79 Å². The molecule has 0 saturated carbocycles. The highest BCUT2D eigenvalue weighted by molar-refractivity contribution is 5.99. The van der Waals surface area contributed by atoms with Crippen molar-refractivity contribution in [2.45, 2.75) is 19.4 Å². The number of amides is 1. The topological polar surface area (TPSA) is 62.3 Å². The van der Waals surface area contributed by atoms with Crippen LogP contribution >= 0.6 is 0 Å². The van der Waals surface area contributed by atoms with Crippen molar-refractivity contribution < 1.29 is 14.0 Å². The van der Waals surface area contributed by atoms with Crippen molar-refractivity contribution in [2.75, 3.05) is 19.6 Å². The average Bonchev–Trinajstić information content (AvgIpc) is 2.68. The molecule has 1 aromatic heterocycles. The summed E-state index contributed by atoms with van der Waals surface area (Å²) in [6, 6.07) is 9.30. The number of hydrogen-bond donors (Lipinski definition) is 1. The Morgan fingerprint density at radius 1 is 1.35 bits per heavy atom. The number of carbonyl (C=O) groups is 2. The number of halogens is 1. The number of nitrogens with zero attached hydrogens (tertiary/aromatic N) is 2. The molecule has 0 radical (unpaired) electrons. The number of aromatic nitrogens is 1. The Balaban J connectivity index is 1.70. The predicted molar refractivity (Wildman–Crippen MR) is 96.1 cm³/mol. The van der Waals surface area contributed by atoms with Crippen LogP contribution in [0.4, 0.5) is 4.39 Å². The number of piperazine rings is 1. The summed E-state index contributed by atoms with van der Waals surface area (Å²) >= 11 is 0. The summed E-state index contributed by atoms with van der Waals surface area (Å²) in [7, 11) is 0. The number of carbonyl (C=O) groups excluding carboxylic acids is 2. The van der Waals surface area contributed by atoms with Crippen molar-refractivity contribution in [3.05, 3.63) is 65.7 Å². The van der Waals surface area contributed by atoms with Gasteiger partial charge in [-0.2, -0.15) is 0 Å². The molecule has 26 heavy (non-hydrogen) atoms. The monoisotopic (exact) mass is 355 g/mol. The SMILES string of the molecule is CC(CC(=O)N1CCNCC1c1cccnc1)C(=O)c1cccc(F)c1. The third-order valence-electron chi connectivity index (χ3n) is 4.67. The first-order chi connectivity index (χ1) is 12.6. The van der Waals surface area contributed by atoms with Gasteiger partial charge in [-0.05, 0) is 23.8 Å². The second kappa shape index (κ2) is 8.19. The third kappa shape index (κ3) is 4.14. The van der Waals surface area contributed by atoms with Crippen LogP contribution < -0.4 is 5.32 Å². The maximum absolute atomic E-state index is 13.3. The fourth-order valence-electron chi connectivity index (χ4n) is 3.27. The highest BCUT2D eigenvalue weighted by Crippen LogP contribution is 2.24. The van der Waals surface area contributed by atoms with E-state index in [0.717, 1.165) is 5.56 Å². The lowest BCUT2D eigenvalue weighted by Crippen LogP contribution is -2.49. The minimum Gasteiger partial charge on any atom is -0.333 e. The molecule has 0 bridgehead atoms. The summed E-state index contributed by atoms with van der Waals surface area (Å²) in [6.45, 7) is 3.67. The maximum Gasteiger partial charge on any atom is 0.223 e. The molecule has 6 heteroatoms. The normalized spacial score (nSPS) is 18.4. The van der Waals surface area contributed by atoms with Crippen molar-refractivity contribution in [3.63, 3.8) is 0 Å². The molecule has 1 saturated heterocycles. The highest BCUT2D eigenvalue weighted by atomic mass is 19.1. The summed E-state index contributed by atoms with van der Waals surface area (Å²) in [5.74, 6) is -1.25. The van der Waals surface area contributed by atoms with Crippen molar-refractivity contribution in [1.82, 2.24) is 15.2 Å². The smallest absolute Gasteiger partial charge is 0.223 e. The Kier molecular flexibility index (Phi) is 5.73. The van der Waals surface area contributed by atoms with Gasteiger partial charge in [0.1, 0.15) is 5.82 Å². The van der Waals surface area contributed by atoms with E-state index in [4.69, 9.17) is 0 Å². The van der Waals surface area contributed by atoms with Crippen LogP contribution in [0, 0.1) is 11.7 Å². The van der Waals surface area contributed by atoms with E-state index in [1.165, 1.54) is 18.2 Å². The number of hydrogen-bond acceptors (Lipinski definition) is 4. The van der Waals surface area contributed by atoms with Crippen molar-refractivity contribution >= 4 is 11.7 Å². The molecule has 3 rings (SSSR count). The molecule has 1 aromatic carbocycles. The van der Waals surface area contributed by atoms with Gasteiger partial charge in [-0.25, -0.2) is 4.39 Å². The fraction of sp³-hybridized carbons (Fsp3) is 0.350. The molecule has 1 fully saturated rings. The van der Waals surface area contributed by atoms with E-state index in [-0.39, 0.29) is 24.2 Å². The number of pyridine rings is 1. The van der Waals surface area contributed by atoms with Gasteiger partial charge in [0, 0.05) is 49.9 Å². The van der Waals surface area contributed by atoms with E-state index in [9.17, 15) is 14.0 Å². The van der Waals surface area contributed by atoms with Gasteiger partial charge in [0.25, 0.3) is 0 Å². The molecule has 2 unspecified atom stereocenters. The van der Waals surface area contributed by atoms with Gasteiger partial charge in [0.05, 0.1) is 6.04 Å². The van der Waals surface area contributed by atoms with Crippen LogP contribution in [0.1, 0.15) is 35.3 Å². The van der Waals surface area contributed by atoms with E-state index < -0.39 is 11.7 Å². The first kappa shape index (κ1) is 18.2. The number of rotatable bonds is 5. The first-order valence-electron chi connectivity index (χ1n) is 8.76. The summed E-state index contributed by atoms with van der Waals surface area (Å²) in [5.41, 5.74) is 1.27. The Hall–Kier alpha value is -2.60.